The van der Waals surface area contributed by atoms with Gasteiger partial charge < -0.3 is 9.80 Å². The van der Waals surface area contributed by atoms with Crippen LogP contribution in [0.4, 0.5) is 5.69 Å². The largest absolute Gasteiger partial charge is 0.378 e. The molecule has 0 radical (unpaired) electrons. The normalized spacial score (nSPS) is 14.8. The van der Waals surface area contributed by atoms with Crippen molar-refractivity contribution in [2.45, 2.75) is 19.8 Å². The molecule has 1 heterocycles. The Bertz CT molecular complexity index is 882. The molecule has 3 rings (SSSR count). The highest BCUT2D eigenvalue weighted by Gasteiger charge is 2.28. The van der Waals surface area contributed by atoms with E-state index in [2.05, 4.69) is 10.5 Å². The minimum atomic E-state index is -0.121. The van der Waals surface area contributed by atoms with Crippen LogP contribution in [0.2, 0.25) is 0 Å². The number of nitrogens with zero attached hydrogens (tertiary/aromatic N) is 3. The summed E-state index contributed by atoms with van der Waals surface area (Å²) in [5, 5.41) is 4.09. The molecule has 0 spiro atoms. The Morgan fingerprint density at radius 3 is 2.34 bits per heavy atom. The third-order valence-corrected chi connectivity index (χ3v) is 5.33. The molecule has 0 aromatic heterocycles. The van der Waals surface area contributed by atoms with Gasteiger partial charge in [0.15, 0.2) is 0 Å². The maximum absolute atomic E-state index is 12.7. The van der Waals surface area contributed by atoms with E-state index in [1.165, 1.54) is 0 Å². The number of anilines is 1. The van der Waals surface area contributed by atoms with E-state index in [1.54, 1.807) is 6.21 Å². The summed E-state index contributed by atoms with van der Waals surface area (Å²) < 4.78 is 0. The smallest absolute Gasteiger partial charge is 0.254 e. The number of hydrazone groups is 1. The Morgan fingerprint density at radius 1 is 1.07 bits per heavy atom. The number of carbonyl (C=O) groups excluding carboxylic acids is 2. The van der Waals surface area contributed by atoms with Crippen molar-refractivity contribution in [1.29, 1.82) is 0 Å². The molecule has 0 atom stereocenters. The first kappa shape index (κ1) is 20.6. The van der Waals surface area contributed by atoms with Crippen LogP contribution >= 0.6 is 0 Å². The Labute approximate surface area is 172 Å². The first-order valence-corrected chi connectivity index (χ1v) is 9.91. The molecule has 1 saturated heterocycles. The number of nitrogens with one attached hydrogen (secondary N) is 1. The predicted molar refractivity (Wildman–Crippen MR) is 116 cm³/mol. The molecule has 152 valence electrons. The average molecular weight is 393 g/mol. The molecule has 0 bridgehead atoms. The fraction of sp³-hybridized carbons (Fsp3) is 0.348. The van der Waals surface area contributed by atoms with Crippen LogP contribution in [0.15, 0.2) is 53.6 Å². The number of amides is 2. The lowest BCUT2D eigenvalue weighted by molar-refractivity contribution is -0.126. The number of hydrogen-bond acceptors (Lipinski definition) is 4. The summed E-state index contributed by atoms with van der Waals surface area (Å²) in [5.74, 6) is -0.167. The first-order chi connectivity index (χ1) is 14.0. The van der Waals surface area contributed by atoms with Gasteiger partial charge in [-0.25, -0.2) is 5.43 Å². The second kappa shape index (κ2) is 9.37. The van der Waals surface area contributed by atoms with E-state index in [4.69, 9.17) is 0 Å². The summed E-state index contributed by atoms with van der Waals surface area (Å²) in [6.45, 7) is 3.11. The average Bonchev–Trinajstić information content (AvgIpc) is 2.74. The monoisotopic (exact) mass is 392 g/mol. The van der Waals surface area contributed by atoms with Crippen LogP contribution < -0.4 is 10.3 Å². The van der Waals surface area contributed by atoms with Gasteiger partial charge >= 0.3 is 0 Å². The molecule has 0 aliphatic carbocycles. The zero-order valence-corrected chi connectivity index (χ0v) is 17.3. The van der Waals surface area contributed by atoms with E-state index in [0.29, 0.717) is 25.9 Å². The van der Waals surface area contributed by atoms with Gasteiger partial charge in [-0.1, -0.05) is 30.3 Å². The minimum Gasteiger partial charge on any atom is -0.378 e. The van der Waals surface area contributed by atoms with Gasteiger partial charge in [-0.15, -0.1) is 0 Å². The van der Waals surface area contributed by atoms with E-state index in [1.807, 2.05) is 79.3 Å². The lowest BCUT2D eigenvalue weighted by Crippen LogP contribution is -2.42. The number of rotatable bonds is 5. The number of benzene rings is 2. The Hall–Kier alpha value is -3.15. The summed E-state index contributed by atoms with van der Waals surface area (Å²) in [7, 11) is 3.98. The van der Waals surface area contributed by atoms with Crippen molar-refractivity contribution >= 4 is 23.7 Å². The SMILES string of the molecule is Cc1ccccc1C(=O)N1CCC(C(=O)NN=Cc2ccc(N(C)C)cc2)CC1. The predicted octanol–water partition coefficient (Wildman–Crippen LogP) is 3.06. The minimum absolute atomic E-state index is 0.0427. The van der Waals surface area contributed by atoms with Crippen molar-refractivity contribution in [3.8, 4) is 0 Å². The van der Waals surface area contributed by atoms with Gasteiger partial charge in [0.2, 0.25) is 5.91 Å². The quantitative estimate of drug-likeness (QED) is 0.628. The number of aryl methyl sites for hydroxylation is 1. The number of hydrogen-bond donors (Lipinski definition) is 1. The molecule has 0 unspecified atom stereocenters. The zero-order chi connectivity index (χ0) is 20.8. The molecular weight excluding hydrogens is 364 g/mol. The molecule has 2 amide bonds. The summed E-state index contributed by atoms with van der Waals surface area (Å²) in [4.78, 5) is 28.9. The van der Waals surface area contributed by atoms with Crippen LogP contribution in [0.25, 0.3) is 0 Å². The lowest BCUT2D eigenvalue weighted by Gasteiger charge is -2.31. The molecule has 0 saturated carbocycles. The fourth-order valence-electron chi connectivity index (χ4n) is 3.45. The number of piperidine rings is 1. The summed E-state index contributed by atoms with van der Waals surface area (Å²) in [5.41, 5.74) is 6.39. The van der Waals surface area contributed by atoms with E-state index in [9.17, 15) is 9.59 Å². The highest BCUT2D eigenvalue weighted by Crippen LogP contribution is 2.20. The van der Waals surface area contributed by atoms with E-state index in [-0.39, 0.29) is 17.7 Å². The van der Waals surface area contributed by atoms with Gasteiger partial charge in [-0.2, -0.15) is 5.10 Å². The maximum atomic E-state index is 12.7. The van der Waals surface area contributed by atoms with Crippen molar-refractivity contribution in [3.05, 3.63) is 65.2 Å². The van der Waals surface area contributed by atoms with Crippen molar-refractivity contribution in [2.75, 3.05) is 32.1 Å². The summed E-state index contributed by atoms with van der Waals surface area (Å²) in [6, 6.07) is 15.5. The molecule has 1 N–H and O–H groups in total. The van der Waals surface area contributed by atoms with Crippen LogP contribution in [-0.4, -0.2) is 50.1 Å². The van der Waals surface area contributed by atoms with E-state index < -0.39 is 0 Å². The van der Waals surface area contributed by atoms with Crippen LogP contribution in [0.5, 0.6) is 0 Å². The van der Waals surface area contributed by atoms with Crippen LogP contribution in [0.1, 0.15) is 34.3 Å². The van der Waals surface area contributed by atoms with Crippen LogP contribution in [0.3, 0.4) is 0 Å². The third kappa shape index (κ3) is 5.22. The molecule has 1 fully saturated rings. The topological polar surface area (TPSA) is 65.0 Å². The first-order valence-electron chi connectivity index (χ1n) is 9.91. The maximum Gasteiger partial charge on any atom is 0.254 e. The molecule has 6 nitrogen and oxygen atoms in total. The van der Waals surface area contributed by atoms with Crippen molar-refractivity contribution in [2.24, 2.45) is 11.0 Å². The highest BCUT2D eigenvalue weighted by molar-refractivity contribution is 5.95. The molecule has 6 heteroatoms. The van der Waals surface area contributed by atoms with Gasteiger partial charge in [0.05, 0.1) is 6.21 Å². The van der Waals surface area contributed by atoms with Gasteiger partial charge in [-0.05, 0) is 49.1 Å². The summed E-state index contributed by atoms with van der Waals surface area (Å²) >= 11 is 0. The van der Waals surface area contributed by atoms with Crippen LogP contribution in [0, 0.1) is 12.8 Å². The summed E-state index contributed by atoms with van der Waals surface area (Å²) in [6.07, 6.45) is 2.95. The second-order valence-electron chi connectivity index (χ2n) is 7.60. The van der Waals surface area contributed by atoms with Gasteiger partial charge in [0.25, 0.3) is 5.91 Å². The van der Waals surface area contributed by atoms with E-state index in [0.717, 1.165) is 22.4 Å². The second-order valence-corrected chi connectivity index (χ2v) is 7.60. The standard InChI is InChI=1S/C23H28N4O2/c1-17-6-4-5-7-21(17)23(29)27-14-12-19(13-15-27)22(28)25-24-16-18-8-10-20(11-9-18)26(2)3/h4-11,16,19H,12-15H2,1-3H3,(H,25,28). The number of carbonyl (C=O) groups is 2. The zero-order valence-electron chi connectivity index (χ0n) is 17.3. The van der Waals surface area contributed by atoms with Crippen molar-refractivity contribution in [1.82, 2.24) is 10.3 Å². The van der Waals surface area contributed by atoms with Gasteiger partial charge in [0, 0.05) is 44.4 Å². The molecule has 2 aromatic rings. The van der Waals surface area contributed by atoms with Gasteiger partial charge in [-0.3, -0.25) is 9.59 Å². The van der Waals surface area contributed by atoms with Crippen molar-refractivity contribution in [3.63, 3.8) is 0 Å². The Kier molecular flexibility index (Phi) is 6.65. The fourth-order valence-corrected chi connectivity index (χ4v) is 3.45. The molecule has 2 aromatic carbocycles. The third-order valence-electron chi connectivity index (χ3n) is 5.33. The number of likely N-dealkylation sites (tertiary alicyclic amines) is 1. The van der Waals surface area contributed by atoms with Crippen molar-refractivity contribution < 1.29 is 9.59 Å². The Morgan fingerprint density at radius 2 is 1.72 bits per heavy atom. The highest BCUT2D eigenvalue weighted by atomic mass is 16.2. The van der Waals surface area contributed by atoms with Gasteiger partial charge in [0.1, 0.15) is 0 Å². The molecule has 1 aliphatic heterocycles. The molecule has 29 heavy (non-hydrogen) atoms. The lowest BCUT2D eigenvalue weighted by atomic mass is 9.95. The van der Waals surface area contributed by atoms with E-state index >= 15 is 0 Å². The molecule has 1 aliphatic rings. The Balaban J connectivity index is 1.48. The molecular formula is C23H28N4O2. The van der Waals surface area contributed by atoms with Crippen LogP contribution in [-0.2, 0) is 4.79 Å².